The molecule has 4 aromatic rings. The summed E-state index contributed by atoms with van der Waals surface area (Å²) in [5.41, 5.74) is 2.28. The van der Waals surface area contributed by atoms with Crippen molar-refractivity contribution in [3.8, 4) is 11.6 Å². The fourth-order valence-corrected chi connectivity index (χ4v) is 2.08. The van der Waals surface area contributed by atoms with E-state index in [2.05, 4.69) is 25.7 Å². The van der Waals surface area contributed by atoms with Crippen LogP contribution in [-0.2, 0) is 6.54 Å². The molecule has 3 aromatic heterocycles. The van der Waals surface area contributed by atoms with Gasteiger partial charge >= 0.3 is 6.01 Å². The molecule has 0 bridgehead atoms. The number of pyridine rings is 1. The third-order valence-corrected chi connectivity index (χ3v) is 3.15. The normalized spacial score (nSPS) is 10.9. The fraction of sp³-hybridized carbons (Fsp3) is 0.0667. The number of rotatable bonds is 4. The average molecular weight is 293 g/mol. The Hall–Kier alpha value is -3.22. The lowest BCUT2D eigenvalue weighted by atomic mass is 10.2. The summed E-state index contributed by atoms with van der Waals surface area (Å²) in [5.74, 6) is 0.369. The van der Waals surface area contributed by atoms with Crippen molar-refractivity contribution in [2.75, 3.05) is 5.32 Å². The van der Waals surface area contributed by atoms with Gasteiger partial charge in [-0.1, -0.05) is 34.5 Å². The highest BCUT2D eigenvalue weighted by Gasteiger charge is 2.10. The summed E-state index contributed by atoms with van der Waals surface area (Å²) in [6.45, 7) is 0.448. The molecule has 0 radical (unpaired) electrons. The molecule has 0 amide bonds. The number of hydrogen-bond acceptors (Lipinski definition) is 7. The predicted molar refractivity (Wildman–Crippen MR) is 78.9 cm³/mol. The Kier molecular flexibility index (Phi) is 3.01. The van der Waals surface area contributed by atoms with Crippen LogP contribution in [0.3, 0.4) is 0 Å². The van der Waals surface area contributed by atoms with Crippen molar-refractivity contribution >= 4 is 16.9 Å². The van der Waals surface area contributed by atoms with Crippen LogP contribution in [0, 0.1) is 0 Å². The molecule has 3 heterocycles. The van der Waals surface area contributed by atoms with Crippen LogP contribution in [0.15, 0.2) is 57.7 Å². The summed E-state index contributed by atoms with van der Waals surface area (Å²) in [6, 6.07) is 13.8. The zero-order valence-electron chi connectivity index (χ0n) is 11.4. The van der Waals surface area contributed by atoms with E-state index in [1.165, 1.54) is 6.26 Å². The Bertz CT molecular complexity index is 901. The first-order valence-corrected chi connectivity index (χ1v) is 6.71. The van der Waals surface area contributed by atoms with Crippen LogP contribution in [0.2, 0.25) is 0 Å². The summed E-state index contributed by atoms with van der Waals surface area (Å²) in [4.78, 5) is 4.52. The van der Waals surface area contributed by atoms with Crippen molar-refractivity contribution in [3.63, 3.8) is 0 Å². The molecule has 0 saturated carbocycles. The molecule has 0 aliphatic rings. The highest BCUT2D eigenvalue weighted by molar-refractivity contribution is 5.80. The SMILES string of the molecule is c1ccc2nc(-c3nnc(NCc4ccon4)o3)ccc2c1. The summed E-state index contributed by atoms with van der Waals surface area (Å²) in [6.07, 6.45) is 1.51. The number of para-hydroxylation sites is 1. The summed E-state index contributed by atoms with van der Waals surface area (Å²) in [5, 5.41) is 15.8. The molecule has 1 aromatic carbocycles. The van der Waals surface area contributed by atoms with Crippen LogP contribution < -0.4 is 5.32 Å². The molecule has 0 unspecified atom stereocenters. The van der Waals surface area contributed by atoms with Crippen molar-refractivity contribution in [2.45, 2.75) is 6.54 Å². The Morgan fingerprint density at radius 2 is 1.95 bits per heavy atom. The lowest BCUT2D eigenvalue weighted by Gasteiger charge is -1.99. The van der Waals surface area contributed by atoms with Gasteiger partial charge < -0.3 is 14.3 Å². The molecule has 0 fully saturated rings. The third kappa shape index (κ3) is 2.39. The lowest BCUT2D eigenvalue weighted by molar-refractivity contribution is 0.412. The topological polar surface area (TPSA) is 89.9 Å². The minimum absolute atomic E-state index is 0.313. The van der Waals surface area contributed by atoms with Gasteiger partial charge in [-0.3, -0.25) is 0 Å². The van der Waals surface area contributed by atoms with E-state index in [0.29, 0.717) is 24.1 Å². The van der Waals surface area contributed by atoms with Crippen LogP contribution >= 0.6 is 0 Å². The molecule has 0 aliphatic carbocycles. The summed E-state index contributed by atoms with van der Waals surface area (Å²) < 4.78 is 10.3. The molecule has 4 rings (SSSR count). The van der Waals surface area contributed by atoms with Crippen LogP contribution in [0.1, 0.15) is 5.69 Å². The van der Waals surface area contributed by atoms with Gasteiger partial charge in [0, 0.05) is 11.5 Å². The zero-order chi connectivity index (χ0) is 14.8. The molecule has 7 nitrogen and oxygen atoms in total. The van der Waals surface area contributed by atoms with E-state index in [4.69, 9.17) is 8.94 Å². The summed E-state index contributed by atoms with van der Waals surface area (Å²) >= 11 is 0. The van der Waals surface area contributed by atoms with E-state index in [0.717, 1.165) is 16.6 Å². The molecule has 22 heavy (non-hydrogen) atoms. The van der Waals surface area contributed by atoms with Gasteiger partial charge in [-0.2, -0.15) is 0 Å². The van der Waals surface area contributed by atoms with E-state index in [1.807, 2.05) is 36.4 Å². The highest BCUT2D eigenvalue weighted by atomic mass is 16.5. The van der Waals surface area contributed by atoms with Crippen LogP contribution in [0.4, 0.5) is 6.01 Å². The molecule has 108 valence electrons. The van der Waals surface area contributed by atoms with E-state index >= 15 is 0 Å². The first-order valence-electron chi connectivity index (χ1n) is 6.71. The minimum Gasteiger partial charge on any atom is -0.402 e. The van der Waals surface area contributed by atoms with Gasteiger partial charge in [0.2, 0.25) is 0 Å². The van der Waals surface area contributed by atoms with E-state index in [1.54, 1.807) is 6.07 Å². The monoisotopic (exact) mass is 293 g/mol. The molecule has 0 atom stereocenters. The lowest BCUT2D eigenvalue weighted by Crippen LogP contribution is -1.99. The predicted octanol–water partition coefficient (Wildman–Crippen LogP) is 2.88. The number of benzene rings is 1. The van der Waals surface area contributed by atoms with Crippen LogP contribution in [-0.4, -0.2) is 20.3 Å². The van der Waals surface area contributed by atoms with Crippen LogP contribution in [0.5, 0.6) is 0 Å². The van der Waals surface area contributed by atoms with Gasteiger partial charge in [0.1, 0.15) is 17.7 Å². The maximum Gasteiger partial charge on any atom is 0.316 e. The quantitative estimate of drug-likeness (QED) is 0.618. The fourth-order valence-electron chi connectivity index (χ4n) is 2.08. The molecule has 7 heteroatoms. The second-order valence-electron chi connectivity index (χ2n) is 4.65. The zero-order valence-corrected chi connectivity index (χ0v) is 11.4. The Balaban J connectivity index is 1.56. The van der Waals surface area contributed by atoms with Crippen molar-refractivity contribution in [1.29, 1.82) is 0 Å². The van der Waals surface area contributed by atoms with Crippen molar-refractivity contribution in [1.82, 2.24) is 20.3 Å². The number of nitrogens with zero attached hydrogens (tertiary/aromatic N) is 4. The largest absolute Gasteiger partial charge is 0.402 e. The molecular formula is C15H11N5O2. The van der Waals surface area contributed by atoms with Crippen LogP contribution in [0.25, 0.3) is 22.5 Å². The smallest absolute Gasteiger partial charge is 0.316 e. The number of nitrogens with one attached hydrogen (secondary N) is 1. The average Bonchev–Trinajstić information content (AvgIpc) is 3.24. The molecule has 0 aliphatic heterocycles. The Morgan fingerprint density at radius 3 is 2.86 bits per heavy atom. The van der Waals surface area contributed by atoms with Crippen molar-refractivity contribution in [2.24, 2.45) is 0 Å². The van der Waals surface area contributed by atoms with Gasteiger partial charge in [0.15, 0.2) is 0 Å². The summed E-state index contributed by atoms with van der Waals surface area (Å²) in [7, 11) is 0. The number of hydrogen-bond donors (Lipinski definition) is 1. The second-order valence-corrected chi connectivity index (χ2v) is 4.65. The van der Waals surface area contributed by atoms with Gasteiger partial charge in [-0.15, -0.1) is 5.10 Å². The Labute approximate surface area is 125 Å². The molecule has 1 N–H and O–H groups in total. The number of anilines is 1. The first kappa shape index (κ1) is 12.5. The highest BCUT2D eigenvalue weighted by Crippen LogP contribution is 2.21. The molecular weight excluding hydrogens is 282 g/mol. The number of aromatic nitrogens is 4. The maximum atomic E-state index is 5.56. The molecule has 0 saturated heterocycles. The second kappa shape index (κ2) is 5.28. The molecule has 0 spiro atoms. The first-order chi connectivity index (χ1) is 10.9. The van der Waals surface area contributed by atoms with Gasteiger partial charge in [-0.25, -0.2) is 4.98 Å². The van der Waals surface area contributed by atoms with Crippen molar-refractivity contribution < 1.29 is 8.94 Å². The standard InChI is InChI=1S/C15H11N5O2/c1-2-4-12-10(3-1)5-6-13(17-12)14-18-19-15(22-14)16-9-11-7-8-21-20-11/h1-8H,9H2,(H,16,19). The van der Waals surface area contributed by atoms with E-state index in [9.17, 15) is 0 Å². The maximum absolute atomic E-state index is 5.56. The van der Waals surface area contributed by atoms with E-state index in [-0.39, 0.29) is 0 Å². The number of fused-ring (bicyclic) bond motifs is 1. The van der Waals surface area contributed by atoms with Gasteiger partial charge in [0.05, 0.1) is 12.1 Å². The van der Waals surface area contributed by atoms with Gasteiger partial charge in [0.25, 0.3) is 5.89 Å². The van der Waals surface area contributed by atoms with Gasteiger partial charge in [-0.05, 0) is 12.1 Å². The van der Waals surface area contributed by atoms with E-state index < -0.39 is 0 Å². The third-order valence-electron chi connectivity index (χ3n) is 3.15. The minimum atomic E-state index is 0.313. The van der Waals surface area contributed by atoms with Crippen molar-refractivity contribution in [3.05, 3.63) is 54.4 Å². The Morgan fingerprint density at radius 1 is 1.00 bits per heavy atom.